The summed E-state index contributed by atoms with van der Waals surface area (Å²) in [6.45, 7) is 7.48. The van der Waals surface area contributed by atoms with E-state index >= 15 is 0 Å². The van der Waals surface area contributed by atoms with Crippen molar-refractivity contribution in [1.82, 2.24) is 10.2 Å². The molecule has 0 saturated heterocycles. The second-order valence-corrected chi connectivity index (χ2v) is 7.79. The summed E-state index contributed by atoms with van der Waals surface area (Å²) in [6.07, 6.45) is 0. The Balaban J connectivity index is 2.16. The summed E-state index contributed by atoms with van der Waals surface area (Å²) >= 11 is 3.37. The Hall–Kier alpha value is -2.38. The molecule has 0 atom stereocenters. The van der Waals surface area contributed by atoms with E-state index < -0.39 is 0 Å². The highest BCUT2D eigenvalue weighted by Gasteiger charge is 2.15. The van der Waals surface area contributed by atoms with Crippen molar-refractivity contribution in [2.45, 2.75) is 13.8 Å². The van der Waals surface area contributed by atoms with E-state index in [0.717, 1.165) is 29.8 Å². The van der Waals surface area contributed by atoms with E-state index in [1.54, 1.807) is 24.3 Å². The number of hydrogen-bond donors (Lipinski definition) is 2. The van der Waals surface area contributed by atoms with Gasteiger partial charge in [0.1, 0.15) is 0 Å². The first kappa shape index (κ1) is 22.9. The summed E-state index contributed by atoms with van der Waals surface area (Å²) in [5, 5.41) is 5.86. The minimum atomic E-state index is -0.225. The van der Waals surface area contributed by atoms with E-state index in [1.807, 2.05) is 37.2 Å². The number of amides is 2. The average Bonchev–Trinajstić information content (AvgIpc) is 2.70. The highest BCUT2D eigenvalue weighted by Crippen LogP contribution is 2.23. The van der Waals surface area contributed by atoms with E-state index in [4.69, 9.17) is 0 Å². The smallest absolute Gasteiger partial charge is 0.255 e. The number of benzene rings is 2. The lowest BCUT2D eigenvalue weighted by molar-refractivity contribution is 0.0948. The molecule has 2 aromatic rings. The predicted octanol–water partition coefficient (Wildman–Crippen LogP) is 3.84. The van der Waals surface area contributed by atoms with Crippen molar-refractivity contribution in [3.05, 3.63) is 58.1 Å². The molecule has 0 aliphatic rings. The monoisotopic (exact) mass is 460 g/mol. The van der Waals surface area contributed by atoms with Gasteiger partial charge < -0.3 is 20.4 Å². The fourth-order valence-electron chi connectivity index (χ4n) is 2.98. The first-order valence-electron chi connectivity index (χ1n) is 9.74. The van der Waals surface area contributed by atoms with Gasteiger partial charge in [0, 0.05) is 48.6 Å². The summed E-state index contributed by atoms with van der Waals surface area (Å²) in [4.78, 5) is 29.5. The molecule has 0 heterocycles. The molecule has 0 spiro atoms. The Morgan fingerprint density at radius 2 is 1.72 bits per heavy atom. The van der Waals surface area contributed by atoms with Crippen molar-refractivity contribution < 1.29 is 9.59 Å². The quantitative estimate of drug-likeness (QED) is 0.596. The first-order chi connectivity index (χ1) is 13.8. The largest absolute Gasteiger partial charge is 0.377 e. The minimum absolute atomic E-state index is 0.153. The maximum atomic E-state index is 12.8. The summed E-state index contributed by atoms with van der Waals surface area (Å²) < 4.78 is 0.835. The molecule has 0 bridgehead atoms. The third-order valence-corrected chi connectivity index (χ3v) is 5.17. The Labute approximate surface area is 181 Å². The molecule has 0 aliphatic carbocycles. The number of rotatable bonds is 9. The Kier molecular flexibility index (Phi) is 8.67. The molecule has 6 nitrogen and oxygen atoms in total. The topological polar surface area (TPSA) is 64.7 Å². The Bertz CT molecular complexity index is 850. The number of nitrogens with zero attached hydrogens (tertiary/aromatic N) is 2. The SMILES string of the molecule is CCN(CC)CCNC(=O)c1cc(NC(=O)c2cccc(Br)c2)ccc1N(C)C. The lowest BCUT2D eigenvalue weighted by atomic mass is 10.1. The second kappa shape index (κ2) is 11.0. The second-order valence-electron chi connectivity index (χ2n) is 6.87. The summed E-state index contributed by atoms with van der Waals surface area (Å²) in [7, 11) is 3.78. The van der Waals surface area contributed by atoms with Gasteiger partial charge in [0.05, 0.1) is 5.56 Å². The van der Waals surface area contributed by atoms with Gasteiger partial charge in [-0.15, -0.1) is 0 Å². The van der Waals surface area contributed by atoms with E-state index in [1.165, 1.54) is 0 Å². The van der Waals surface area contributed by atoms with Crippen LogP contribution in [0.4, 0.5) is 11.4 Å². The number of halogens is 1. The van der Waals surface area contributed by atoms with Crippen LogP contribution in [0.5, 0.6) is 0 Å². The maximum absolute atomic E-state index is 12.8. The fourth-order valence-corrected chi connectivity index (χ4v) is 3.38. The van der Waals surface area contributed by atoms with Crippen LogP contribution in [-0.2, 0) is 0 Å². The van der Waals surface area contributed by atoms with Crippen LogP contribution in [0.25, 0.3) is 0 Å². The molecule has 2 amide bonds. The third kappa shape index (κ3) is 6.58. The van der Waals surface area contributed by atoms with E-state index in [2.05, 4.69) is 45.3 Å². The van der Waals surface area contributed by atoms with Gasteiger partial charge >= 0.3 is 0 Å². The molecule has 29 heavy (non-hydrogen) atoms. The highest BCUT2D eigenvalue weighted by atomic mass is 79.9. The number of anilines is 2. The van der Waals surface area contributed by atoms with E-state index in [9.17, 15) is 9.59 Å². The predicted molar refractivity (Wildman–Crippen MR) is 123 cm³/mol. The van der Waals surface area contributed by atoms with Crippen LogP contribution in [0.15, 0.2) is 46.9 Å². The number of likely N-dealkylation sites (N-methyl/N-ethyl adjacent to an activating group) is 1. The van der Waals surface area contributed by atoms with E-state index in [-0.39, 0.29) is 11.8 Å². The molecule has 0 radical (unpaired) electrons. The van der Waals surface area contributed by atoms with Gasteiger partial charge in [-0.3, -0.25) is 9.59 Å². The standard InChI is InChI=1S/C22H29BrN4O2/c1-5-27(6-2)13-12-24-22(29)19-15-18(10-11-20(19)26(3)4)25-21(28)16-8-7-9-17(23)14-16/h7-11,14-15H,5-6,12-13H2,1-4H3,(H,24,29)(H,25,28). The molecular weight excluding hydrogens is 432 g/mol. The molecule has 7 heteroatoms. The summed E-state index contributed by atoms with van der Waals surface area (Å²) in [6, 6.07) is 12.5. The fraction of sp³-hybridized carbons (Fsp3) is 0.364. The molecule has 2 rings (SSSR count). The van der Waals surface area contributed by atoms with Crippen molar-refractivity contribution in [2.75, 3.05) is 50.5 Å². The zero-order valence-corrected chi connectivity index (χ0v) is 19.0. The molecule has 156 valence electrons. The van der Waals surface area contributed by atoms with Crippen LogP contribution in [0.3, 0.4) is 0 Å². The van der Waals surface area contributed by atoms with Crippen molar-refractivity contribution in [1.29, 1.82) is 0 Å². The zero-order chi connectivity index (χ0) is 21.4. The van der Waals surface area contributed by atoms with E-state index in [0.29, 0.717) is 23.4 Å². The van der Waals surface area contributed by atoms with Crippen LogP contribution in [0, 0.1) is 0 Å². The van der Waals surface area contributed by atoms with Gasteiger partial charge in [0.25, 0.3) is 11.8 Å². The maximum Gasteiger partial charge on any atom is 0.255 e. The van der Waals surface area contributed by atoms with Gasteiger partial charge in [-0.05, 0) is 49.5 Å². The molecule has 0 unspecified atom stereocenters. The molecule has 2 aromatic carbocycles. The van der Waals surface area contributed by atoms with Crippen LogP contribution in [0.2, 0.25) is 0 Å². The van der Waals surface area contributed by atoms with Gasteiger partial charge in [-0.25, -0.2) is 0 Å². The van der Waals surface area contributed by atoms with Crippen LogP contribution < -0.4 is 15.5 Å². The summed E-state index contributed by atoms with van der Waals surface area (Å²) in [5.41, 5.74) is 2.45. The van der Waals surface area contributed by atoms with Crippen LogP contribution in [-0.4, -0.2) is 57.0 Å². The van der Waals surface area contributed by atoms with Crippen molar-refractivity contribution in [3.8, 4) is 0 Å². The molecular formula is C22H29BrN4O2. The first-order valence-corrected chi connectivity index (χ1v) is 10.5. The van der Waals surface area contributed by atoms with Crippen molar-refractivity contribution in [3.63, 3.8) is 0 Å². The van der Waals surface area contributed by atoms with Crippen molar-refractivity contribution >= 4 is 39.1 Å². The number of carbonyl (C=O) groups excluding carboxylic acids is 2. The van der Waals surface area contributed by atoms with Gasteiger partial charge in [-0.2, -0.15) is 0 Å². The molecule has 0 saturated carbocycles. The molecule has 0 aromatic heterocycles. The highest BCUT2D eigenvalue weighted by molar-refractivity contribution is 9.10. The number of hydrogen-bond acceptors (Lipinski definition) is 4. The minimum Gasteiger partial charge on any atom is -0.377 e. The number of nitrogens with one attached hydrogen (secondary N) is 2. The molecule has 2 N–H and O–H groups in total. The Morgan fingerprint density at radius 1 is 1.00 bits per heavy atom. The third-order valence-electron chi connectivity index (χ3n) is 4.68. The van der Waals surface area contributed by atoms with Crippen LogP contribution in [0.1, 0.15) is 34.6 Å². The Morgan fingerprint density at radius 3 is 2.34 bits per heavy atom. The van der Waals surface area contributed by atoms with Gasteiger partial charge in [-0.1, -0.05) is 35.8 Å². The van der Waals surface area contributed by atoms with Crippen molar-refractivity contribution in [2.24, 2.45) is 0 Å². The van der Waals surface area contributed by atoms with Gasteiger partial charge in [0.2, 0.25) is 0 Å². The lowest BCUT2D eigenvalue weighted by Gasteiger charge is -2.20. The zero-order valence-electron chi connectivity index (χ0n) is 17.5. The normalized spacial score (nSPS) is 10.7. The average molecular weight is 461 g/mol. The lowest BCUT2D eigenvalue weighted by Crippen LogP contribution is -2.35. The molecule has 0 fully saturated rings. The van der Waals surface area contributed by atoms with Crippen LogP contribution >= 0.6 is 15.9 Å². The molecule has 0 aliphatic heterocycles. The number of carbonyl (C=O) groups is 2. The summed E-state index contributed by atoms with van der Waals surface area (Å²) in [5.74, 6) is -0.379. The van der Waals surface area contributed by atoms with Gasteiger partial charge in [0.15, 0.2) is 0 Å².